The molecule has 2 aromatic heterocycles. The maximum absolute atomic E-state index is 12.0. The molecular formula is C22H20Cl2N6O. The van der Waals surface area contributed by atoms with E-state index in [9.17, 15) is 4.79 Å². The lowest BCUT2D eigenvalue weighted by Gasteiger charge is -2.11. The highest BCUT2D eigenvalue weighted by Crippen LogP contribution is 2.30. The zero-order valence-electron chi connectivity index (χ0n) is 16.9. The molecule has 0 spiro atoms. The van der Waals surface area contributed by atoms with Crippen LogP contribution >= 0.6 is 23.2 Å². The van der Waals surface area contributed by atoms with Gasteiger partial charge in [-0.3, -0.25) is 4.79 Å². The van der Waals surface area contributed by atoms with Gasteiger partial charge in [-0.2, -0.15) is 10.2 Å². The van der Waals surface area contributed by atoms with E-state index < -0.39 is 5.91 Å². The topological polar surface area (TPSA) is 90.8 Å². The minimum absolute atomic E-state index is 0.0780. The van der Waals surface area contributed by atoms with Crippen LogP contribution in [-0.2, 0) is 0 Å². The molecule has 0 radical (unpaired) electrons. The van der Waals surface area contributed by atoms with Crippen molar-refractivity contribution < 1.29 is 4.79 Å². The fourth-order valence-corrected chi connectivity index (χ4v) is 3.85. The molecule has 0 atom stereocenters. The summed E-state index contributed by atoms with van der Waals surface area (Å²) in [7, 11) is 0. The van der Waals surface area contributed by atoms with Crippen LogP contribution in [0.1, 0.15) is 35.9 Å². The monoisotopic (exact) mass is 454 g/mol. The third-order valence-electron chi connectivity index (χ3n) is 4.77. The van der Waals surface area contributed by atoms with Crippen LogP contribution in [0.3, 0.4) is 0 Å². The van der Waals surface area contributed by atoms with Crippen LogP contribution in [0.5, 0.6) is 0 Å². The number of nitrogens with one attached hydrogen (secondary N) is 1. The number of nitrogens with zero attached hydrogens (tertiary/aromatic N) is 4. The van der Waals surface area contributed by atoms with Crippen LogP contribution in [0.25, 0.3) is 11.4 Å². The van der Waals surface area contributed by atoms with Gasteiger partial charge in [0.1, 0.15) is 5.69 Å². The number of hydrogen-bond donors (Lipinski definition) is 2. The molecule has 1 amide bonds. The molecule has 3 N–H and O–H groups in total. The van der Waals surface area contributed by atoms with Gasteiger partial charge >= 0.3 is 0 Å². The van der Waals surface area contributed by atoms with E-state index >= 15 is 0 Å². The first-order valence-corrected chi connectivity index (χ1v) is 10.4. The number of halogens is 2. The van der Waals surface area contributed by atoms with Crippen molar-refractivity contribution in [1.29, 1.82) is 0 Å². The van der Waals surface area contributed by atoms with Gasteiger partial charge in [0.2, 0.25) is 0 Å². The lowest BCUT2D eigenvalue weighted by molar-refractivity contribution is 0.0996. The molecule has 0 aliphatic carbocycles. The van der Waals surface area contributed by atoms with Crippen LogP contribution in [0.15, 0.2) is 60.9 Å². The number of amides is 1. The fourth-order valence-electron chi connectivity index (χ4n) is 3.28. The van der Waals surface area contributed by atoms with Crippen LogP contribution in [0.4, 0.5) is 11.4 Å². The van der Waals surface area contributed by atoms with Gasteiger partial charge in [0.15, 0.2) is 5.69 Å². The number of nitrogens with two attached hydrogens (primary N) is 1. The number of anilines is 2. The molecule has 31 heavy (non-hydrogen) atoms. The van der Waals surface area contributed by atoms with Crippen LogP contribution in [0, 0.1) is 0 Å². The molecule has 0 aliphatic rings. The van der Waals surface area contributed by atoms with Gasteiger partial charge < -0.3 is 11.1 Å². The zero-order chi connectivity index (χ0) is 22.1. The van der Waals surface area contributed by atoms with Gasteiger partial charge in [0.05, 0.1) is 27.6 Å². The first-order valence-electron chi connectivity index (χ1n) is 9.60. The van der Waals surface area contributed by atoms with Crippen molar-refractivity contribution in [3.05, 3.63) is 82.4 Å². The second-order valence-electron chi connectivity index (χ2n) is 7.26. The van der Waals surface area contributed by atoms with Gasteiger partial charge in [-0.25, -0.2) is 9.36 Å². The van der Waals surface area contributed by atoms with Crippen LogP contribution in [0.2, 0.25) is 10.0 Å². The van der Waals surface area contributed by atoms with E-state index in [2.05, 4.69) is 29.4 Å². The van der Waals surface area contributed by atoms with Crippen molar-refractivity contribution in [2.45, 2.75) is 19.8 Å². The summed E-state index contributed by atoms with van der Waals surface area (Å²) in [5.74, 6) is -0.319. The molecule has 2 aromatic carbocycles. The van der Waals surface area contributed by atoms with Crippen molar-refractivity contribution in [2.24, 2.45) is 5.73 Å². The average molecular weight is 455 g/mol. The van der Waals surface area contributed by atoms with Crippen molar-refractivity contribution in [3.63, 3.8) is 0 Å². The summed E-state index contributed by atoms with van der Waals surface area (Å²) in [5.41, 5.74) is 9.34. The minimum atomic E-state index is -0.667. The first-order chi connectivity index (χ1) is 14.8. The summed E-state index contributed by atoms with van der Waals surface area (Å²) in [4.78, 5) is 12.0. The zero-order valence-corrected chi connectivity index (χ0v) is 18.4. The van der Waals surface area contributed by atoms with E-state index in [1.165, 1.54) is 4.68 Å². The molecule has 0 fully saturated rings. The molecule has 0 aliphatic heterocycles. The van der Waals surface area contributed by atoms with E-state index in [1.807, 2.05) is 35.0 Å². The van der Waals surface area contributed by atoms with Gasteiger partial charge in [-0.05, 0) is 48.4 Å². The average Bonchev–Trinajstić information content (AvgIpc) is 3.36. The number of rotatable bonds is 6. The Bertz CT molecular complexity index is 1220. The Labute approximate surface area is 189 Å². The molecule has 2 heterocycles. The molecule has 4 rings (SSSR count). The fraction of sp³-hybridized carbons (Fsp3) is 0.136. The van der Waals surface area contributed by atoms with Crippen LogP contribution < -0.4 is 11.1 Å². The Hall–Kier alpha value is -3.29. The van der Waals surface area contributed by atoms with E-state index in [0.717, 1.165) is 17.1 Å². The molecule has 7 nitrogen and oxygen atoms in total. The van der Waals surface area contributed by atoms with Crippen LogP contribution in [-0.4, -0.2) is 25.5 Å². The maximum atomic E-state index is 12.0. The lowest BCUT2D eigenvalue weighted by atomic mass is 10.1. The van der Waals surface area contributed by atoms with E-state index in [-0.39, 0.29) is 5.69 Å². The Balaban J connectivity index is 1.66. The SMILES string of the molecule is CC(C)c1ccnn1-c1ccc(Nc2cn(-c3c(Cl)cccc3Cl)nc2C(N)=O)cc1. The molecule has 0 unspecified atom stereocenters. The number of carbonyl (C=O) groups is 1. The largest absolute Gasteiger partial charge is 0.364 e. The quantitative estimate of drug-likeness (QED) is 0.411. The Kier molecular flexibility index (Phi) is 5.71. The highest BCUT2D eigenvalue weighted by Gasteiger charge is 2.18. The Morgan fingerprint density at radius 1 is 1.06 bits per heavy atom. The van der Waals surface area contributed by atoms with Gasteiger partial charge in [0, 0.05) is 17.6 Å². The van der Waals surface area contributed by atoms with Gasteiger partial charge in [-0.15, -0.1) is 0 Å². The number of aromatic nitrogens is 4. The normalized spacial score (nSPS) is 11.1. The molecule has 0 saturated carbocycles. The summed E-state index contributed by atoms with van der Waals surface area (Å²) in [6, 6.07) is 14.8. The highest BCUT2D eigenvalue weighted by atomic mass is 35.5. The highest BCUT2D eigenvalue weighted by molar-refractivity contribution is 6.37. The maximum Gasteiger partial charge on any atom is 0.271 e. The molecule has 9 heteroatoms. The second-order valence-corrected chi connectivity index (χ2v) is 8.08. The number of carbonyl (C=O) groups excluding carboxylic acids is 1. The molecule has 0 bridgehead atoms. The Morgan fingerprint density at radius 2 is 1.74 bits per heavy atom. The Morgan fingerprint density at radius 3 is 2.35 bits per heavy atom. The van der Waals surface area contributed by atoms with Crippen molar-refractivity contribution in [1.82, 2.24) is 19.6 Å². The molecule has 0 saturated heterocycles. The predicted molar refractivity (Wildman–Crippen MR) is 123 cm³/mol. The number of hydrogen-bond acceptors (Lipinski definition) is 4. The van der Waals surface area contributed by atoms with Crippen molar-refractivity contribution >= 4 is 40.5 Å². The summed E-state index contributed by atoms with van der Waals surface area (Å²) in [5, 5.41) is 12.7. The first kappa shape index (κ1) is 21.0. The number of para-hydroxylation sites is 1. The van der Waals surface area contributed by atoms with Gasteiger partial charge in [0.25, 0.3) is 5.91 Å². The minimum Gasteiger partial charge on any atom is -0.364 e. The molecular weight excluding hydrogens is 435 g/mol. The summed E-state index contributed by atoms with van der Waals surface area (Å²) in [6.07, 6.45) is 3.42. The third kappa shape index (κ3) is 4.15. The standard InChI is InChI=1S/C22H20Cl2N6O/c1-13(2)19-10-11-26-30(19)15-8-6-14(7-9-15)27-18-12-29(28-20(18)22(25)31)21-16(23)4-3-5-17(21)24/h3-13,27H,1-2H3,(H2,25,31). The third-order valence-corrected chi connectivity index (χ3v) is 5.38. The van der Waals surface area contributed by atoms with Gasteiger partial charge in [-0.1, -0.05) is 43.1 Å². The molecule has 158 valence electrons. The lowest BCUT2D eigenvalue weighted by Crippen LogP contribution is -2.14. The number of primary amides is 1. The predicted octanol–water partition coefficient (Wildman–Crippen LogP) is 5.33. The summed E-state index contributed by atoms with van der Waals surface area (Å²) < 4.78 is 3.35. The van der Waals surface area contributed by atoms with Crippen molar-refractivity contribution in [2.75, 3.05) is 5.32 Å². The molecule has 4 aromatic rings. The van der Waals surface area contributed by atoms with Crippen molar-refractivity contribution in [3.8, 4) is 11.4 Å². The number of benzene rings is 2. The van der Waals surface area contributed by atoms with E-state index in [1.54, 1.807) is 30.6 Å². The van der Waals surface area contributed by atoms with E-state index in [0.29, 0.717) is 27.3 Å². The summed E-state index contributed by atoms with van der Waals surface area (Å²) in [6.45, 7) is 4.25. The second kappa shape index (κ2) is 8.45. The summed E-state index contributed by atoms with van der Waals surface area (Å²) >= 11 is 12.6. The smallest absolute Gasteiger partial charge is 0.271 e. The van der Waals surface area contributed by atoms with E-state index in [4.69, 9.17) is 28.9 Å².